The van der Waals surface area contributed by atoms with E-state index in [1.54, 1.807) is 29.0 Å². The summed E-state index contributed by atoms with van der Waals surface area (Å²) in [4.78, 5) is 10.7. The maximum Gasteiger partial charge on any atom is 0.280 e. The van der Waals surface area contributed by atoms with Gasteiger partial charge in [-0.2, -0.15) is 8.42 Å². The van der Waals surface area contributed by atoms with Crippen LogP contribution in [0.15, 0.2) is 47.9 Å². The van der Waals surface area contributed by atoms with Gasteiger partial charge in [-0.25, -0.2) is 9.97 Å². The number of fused-ring (bicyclic) bond motifs is 1. The van der Waals surface area contributed by atoms with Gasteiger partial charge in [0.1, 0.15) is 4.83 Å². The minimum Gasteiger partial charge on any atom is -0.339 e. The number of anilines is 1. The zero-order chi connectivity index (χ0) is 21.6. The molecule has 4 rings (SSSR count). The molecule has 0 bridgehead atoms. The molecule has 0 saturated carbocycles. The quantitative estimate of drug-likeness (QED) is 0.460. The number of sulfonamides is 1. The number of nitrogens with zero attached hydrogens (tertiary/aromatic N) is 3. The highest BCUT2D eigenvalue weighted by atomic mass is 32.2. The van der Waals surface area contributed by atoms with Gasteiger partial charge in [-0.05, 0) is 31.4 Å². The summed E-state index contributed by atoms with van der Waals surface area (Å²) >= 11 is 1.62. The Morgan fingerprint density at radius 3 is 2.57 bits per heavy atom. The first-order valence-electron chi connectivity index (χ1n) is 9.67. The normalized spacial score (nSPS) is 12.1. The van der Waals surface area contributed by atoms with Crippen LogP contribution in [0.4, 0.5) is 5.69 Å². The molecular weight excluding hydrogens is 416 g/mol. The summed E-state index contributed by atoms with van der Waals surface area (Å²) in [6, 6.07) is 10.1. The number of aryl methyl sites for hydroxylation is 3. The third kappa shape index (κ3) is 3.73. The first-order chi connectivity index (χ1) is 14.2. The van der Waals surface area contributed by atoms with E-state index in [-0.39, 0.29) is 10.9 Å². The van der Waals surface area contributed by atoms with E-state index >= 15 is 0 Å². The second kappa shape index (κ2) is 7.52. The molecular formula is C22H24N4O2S2. The highest BCUT2D eigenvalue weighted by Crippen LogP contribution is 2.45. The molecule has 4 aromatic rings. The molecule has 3 aromatic heterocycles. The predicted octanol–water partition coefficient (Wildman–Crippen LogP) is 5.24. The van der Waals surface area contributed by atoms with Crippen molar-refractivity contribution in [3.05, 3.63) is 59.0 Å². The fourth-order valence-electron chi connectivity index (χ4n) is 3.54. The van der Waals surface area contributed by atoms with E-state index in [0.717, 1.165) is 32.6 Å². The SMILES string of the molecule is Cc1cccc(-c2c(C(C)C)sc3nc(C)cc(NS(=O)(=O)c4cn(C)cn4)c23)c1. The van der Waals surface area contributed by atoms with Crippen LogP contribution in [0.3, 0.4) is 0 Å². The number of rotatable bonds is 5. The maximum atomic E-state index is 13.0. The Labute approximate surface area is 180 Å². The second-order valence-electron chi connectivity index (χ2n) is 7.84. The zero-order valence-corrected chi connectivity index (χ0v) is 19.2. The van der Waals surface area contributed by atoms with Gasteiger partial charge in [0.25, 0.3) is 10.0 Å². The number of hydrogen-bond acceptors (Lipinski definition) is 5. The monoisotopic (exact) mass is 440 g/mol. The van der Waals surface area contributed by atoms with E-state index in [9.17, 15) is 8.42 Å². The number of imidazole rings is 1. The van der Waals surface area contributed by atoms with Crippen LogP contribution in [-0.4, -0.2) is 23.0 Å². The standard InChI is InChI=1S/C22H24N4O2S2/c1-13(2)21-19(16-8-6-7-14(3)9-16)20-17(10-15(4)24-22(20)29-21)25-30(27,28)18-11-26(5)12-23-18/h6-13H,1-5H3,(H,24,25). The van der Waals surface area contributed by atoms with Gasteiger partial charge < -0.3 is 4.57 Å². The summed E-state index contributed by atoms with van der Waals surface area (Å²) in [7, 11) is -2.08. The molecule has 30 heavy (non-hydrogen) atoms. The number of nitrogens with one attached hydrogen (secondary N) is 1. The number of benzene rings is 1. The van der Waals surface area contributed by atoms with Gasteiger partial charge in [-0.1, -0.05) is 43.7 Å². The lowest BCUT2D eigenvalue weighted by Crippen LogP contribution is -2.14. The summed E-state index contributed by atoms with van der Waals surface area (Å²) in [5.41, 5.74) is 4.54. The number of thiophene rings is 1. The van der Waals surface area contributed by atoms with Gasteiger partial charge in [-0.3, -0.25) is 4.72 Å². The molecule has 1 N–H and O–H groups in total. The number of hydrogen-bond donors (Lipinski definition) is 1. The zero-order valence-electron chi connectivity index (χ0n) is 17.6. The van der Waals surface area contributed by atoms with Gasteiger partial charge in [0.2, 0.25) is 0 Å². The van der Waals surface area contributed by atoms with Crippen LogP contribution in [0.1, 0.15) is 35.9 Å². The van der Waals surface area contributed by atoms with E-state index in [0.29, 0.717) is 5.69 Å². The molecule has 0 aliphatic heterocycles. The van der Waals surface area contributed by atoms with Crippen molar-refractivity contribution in [1.29, 1.82) is 0 Å². The van der Waals surface area contributed by atoms with E-state index in [1.165, 1.54) is 17.4 Å². The molecule has 156 valence electrons. The van der Waals surface area contributed by atoms with Crippen LogP contribution in [0, 0.1) is 13.8 Å². The van der Waals surface area contributed by atoms with E-state index < -0.39 is 10.0 Å². The Morgan fingerprint density at radius 1 is 1.17 bits per heavy atom. The average Bonchev–Trinajstić information content (AvgIpc) is 3.25. The molecule has 0 radical (unpaired) electrons. The van der Waals surface area contributed by atoms with E-state index in [1.807, 2.05) is 13.0 Å². The second-order valence-corrected chi connectivity index (χ2v) is 10.5. The lowest BCUT2D eigenvalue weighted by atomic mass is 9.96. The fraction of sp³-hybridized carbons (Fsp3) is 0.273. The van der Waals surface area contributed by atoms with Gasteiger partial charge in [-0.15, -0.1) is 11.3 Å². The Hall–Kier alpha value is -2.71. The van der Waals surface area contributed by atoms with Crippen molar-refractivity contribution in [2.45, 2.75) is 38.6 Å². The molecule has 0 aliphatic carbocycles. The van der Waals surface area contributed by atoms with E-state index in [4.69, 9.17) is 4.98 Å². The van der Waals surface area contributed by atoms with Crippen molar-refractivity contribution in [1.82, 2.24) is 14.5 Å². The summed E-state index contributed by atoms with van der Waals surface area (Å²) in [6.45, 7) is 8.22. The third-order valence-corrected chi connectivity index (χ3v) is 7.48. The van der Waals surface area contributed by atoms with Crippen LogP contribution in [-0.2, 0) is 17.1 Å². The number of pyridine rings is 1. The molecule has 0 unspecified atom stereocenters. The molecule has 0 amide bonds. The first-order valence-corrected chi connectivity index (χ1v) is 12.0. The van der Waals surface area contributed by atoms with Crippen molar-refractivity contribution in [3.8, 4) is 11.1 Å². The van der Waals surface area contributed by atoms with Crippen molar-refractivity contribution in [3.63, 3.8) is 0 Å². The molecule has 3 heterocycles. The Kier molecular flexibility index (Phi) is 5.15. The molecule has 8 heteroatoms. The van der Waals surface area contributed by atoms with Crippen LogP contribution in [0.25, 0.3) is 21.3 Å². The molecule has 0 saturated heterocycles. The Balaban J connectivity index is 1.98. The molecule has 0 aliphatic rings. The van der Waals surface area contributed by atoms with Crippen LogP contribution in [0.5, 0.6) is 0 Å². The van der Waals surface area contributed by atoms with Crippen LogP contribution >= 0.6 is 11.3 Å². The Bertz CT molecular complexity index is 1350. The summed E-state index contributed by atoms with van der Waals surface area (Å²) in [5.74, 6) is 0.278. The smallest absolute Gasteiger partial charge is 0.280 e. The molecule has 6 nitrogen and oxygen atoms in total. The van der Waals surface area contributed by atoms with Gasteiger partial charge in [0, 0.05) is 34.8 Å². The van der Waals surface area contributed by atoms with Gasteiger partial charge >= 0.3 is 0 Å². The lowest BCUT2D eigenvalue weighted by Gasteiger charge is -2.12. The lowest BCUT2D eigenvalue weighted by molar-refractivity contribution is 0.598. The topological polar surface area (TPSA) is 76.9 Å². The van der Waals surface area contributed by atoms with Gasteiger partial charge in [0.15, 0.2) is 5.03 Å². The van der Waals surface area contributed by atoms with Gasteiger partial charge in [0.05, 0.1) is 12.0 Å². The van der Waals surface area contributed by atoms with Crippen molar-refractivity contribution < 1.29 is 8.42 Å². The van der Waals surface area contributed by atoms with Crippen molar-refractivity contribution >= 4 is 37.3 Å². The average molecular weight is 441 g/mol. The largest absolute Gasteiger partial charge is 0.339 e. The minimum atomic E-state index is -3.82. The van der Waals surface area contributed by atoms with Crippen LogP contribution in [0.2, 0.25) is 0 Å². The minimum absolute atomic E-state index is 0.0102. The van der Waals surface area contributed by atoms with Crippen molar-refractivity contribution in [2.75, 3.05) is 4.72 Å². The molecule has 0 atom stereocenters. The molecule has 0 fully saturated rings. The first kappa shape index (κ1) is 20.6. The van der Waals surface area contributed by atoms with E-state index in [2.05, 4.69) is 48.7 Å². The molecule has 0 spiro atoms. The molecule has 1 aromatic carbocycles. The number of aromatic nitrogens is 3. The Morgan fingerprint density at radius 2 is 1.93 bits per heavy atom. The highest BCUT2D eigenvalue weighted by molar-refractivity contribution is 7.92. The predicted molar refractivity (Wildman–Crippen MR) is 123 cm³/mol. The van der Waals surface area contributed by atoms with Crippen molar-refractivity contribution in [2.24, 2.45) is 7.05 Å². The fourth-order valence-corrected chi connectivity index (χ4v) is 5.85. The summed E-state index contributed by atoms with van der Waals surface area (Å²) in [6.07, 6.45) is 2.96. The summed E-state index contributed by atoms with van der Waals surface area (Å²) in [5, 5.41) is 0.823. The third-order valence-electron chi connectivity index (χ3n) is 4.85. The summed E-state index contributed by atoms with van der Waals surface area (Å²) < 4.78 is 30.4. The van der Waals surface area contributed by atoms with Crippen LogP contribution < -0.4 is 4.72 Å². The highest BCUT2D eigenvalue weighted by Gasteiger charge is 2.24. The maximum absolute atomic E-state index is 13.0.